The predicted molar refractivity (Wildman–Crippen MR) is 67.2 cm³/mol. The quantitative estimate of drug-likeness (QED) is 0.730. The van der Waals surface area contributed by atoms with E-state index < -0.39 is 0 Å². The molecule has 0 amide bonds. The Morgan fingerprint density at radius 3 is 2.76 bits per heavy atom. The second-order valence-corrected chi connectivity index (χ2v) is 4.91. The van der Waals surface area contributed by atoms with Gasteiger partial charge in [-0.1, -0.05) is 12.8 Å². The van der Waals surface area contributed by atoms with Crippen molar-refractivity contribution in [3.05, 3.63) is 5.82 Å². The van der Waals surface area contributed by atoms with E-state index in [4.69, 9.17) is 9.57 Å². The molecule has 1 fully saturated rings. The Bertz CT molecular complexity index is 339. The largest absolute Gasteiger partial charge is 0.384 e. The molecule has 2 rings (SSSR count). The number of aromatic nitrogens is 2. The molecule has 0 atom stereocenters. The van der Waals surface area contributed by atoms with Crippen molar-refractivity contribution >= 4 is 16.7 Å². The maximum absolute atomic E-state index is 5.45. The van der Waals surface area contributed by atoms with Crippen LogP contribution in [0.15, 0.2) is 0 Å². The third-order valence-corrected chi connectivity index (χ3v) is 3.77. The number of rotatable bonds is 6. The van der Waals surface area contributed by atoms with E-state index in [9.17, 15) is 0 Å². The van der Waals surface area contributed by atoms with Gasteiger partial charge in [-0.25, -0.2) is 10.0 Å². The van der Waals surface area contributed by atoms with E-state index in [2.05, 4.69) is 9.36 Å². The summed E-state index contributed by atoms with van der Waals surface area (Å²) in [4.78, 5) is 9.94. The van der Waals surface area contributed by atoms with Crippen LogP contribution in [-0.4, -0.2) is 36.2 Å². The van der Waals surface area contributed by atoms with Crippen LogP contribution < -0.4 is 5.06 Å². The molecule has 1 aliphatic rings. The number of ether oxygens (including phenoxy) is 1. The first kappa shape index (κ1) is 12.7. The van der Waals surface area contributed by atoms with E-state index in [1.165, 1.54) is 37.2 Å². The normalized spacial score (nSPS) is 16.6. The van der Waals surface area contributed by atoms with Crippen molar-refractivity contribution in [1.29, 1.82) is 0 Å². The topological polar surface area (TPSA) is 47.5 Å². The van der Waals surface area contributed by atoms with Gasteiger partial charge in [-0.05, 0) is 12.8 Å². The highest BCUT2D eigenvalue weighted by atomic mass is 32.1. The van der Waals surface area contributed by atoms with Crippen LogP contribution in [0.3, 0.4) is 0 Å². The monoisotopic (exact) mass is 257 g/mol. The first-order chi connectivity index (χ1) is 8.35. The minimum atomic E-state index is 0.461. The van der Waals surface area contributed by atoms with E-state index in [0.717, 1.165) is 17.4 Å². The van der Waals surface area contributed by atoms with Crippen molar-refractivity contribution in [3.8, 4) is 0 Å². The van der Waals surface area contributed by atoms with Crippen molar-refractivity contribution in [3.63, 3.8) is 0 Å². The maximum Gasteiger partial charge on any atom is 0.229 e. The molecular weight excluding hydrogens is 238 g/mol. The van der Waals surface area contributed by atoms with Crippen molar-refractivity contribution in [2.45, 2.75) is 38.1 Å². The molecule has 0 bridgehead atoms. The summed E-state index contributed by atoms with van der Waals surface area (Å²) in [7, 11) is 3.39. The molecule has 0 aliphatic heterocycles. The SMILES string of the molecule is COCCc1nsc(N(OC)C2CCCC2)n1. The molecular formula is C11H19N3O2S. The molecule has 17 heavy (non-hydrogen) atoms. The lowest BCUT2D eigenvalue weighted by molar-refractivity contribution is 0.140. The molecule has 0 unspecified atom stereocenters. The van der Waals surface area contributed by atoms with Gasteiger partial charge in [0.2, 0.25) is 5.13 Å². The Kier molecular flexibility index (Phi) is 4.70. The van der Waals surface area contributed by atoms with Gasteiger partial charge in [-0.2, -0.15) is 4.37 Å². The molecule has 1 aliphatic carbocycles. The molecule has 96 valence electrons. The number of hydrogen-bond acceptors (Lipinski definition) is 6. The third-order valence-electron chi connectivity index (χ3n) is 3.03. The average molecular weight is 257 g/mol. The van der Waals surface area contributed by atoms with Gasteiger partial charge in [0.1, 0.15) is 5.82 Å². The summed E-state index contributed by atoms with van der Waals surface area (Å²) in [6.45, 7) is 0.659. The summed E-state index contributed by atoms with van der Waals surface area (Å²) in [5.74, 6) is 0.840. The van der Waals surface area contributed by atoms with Crippen LogP contribution in [0.4, 0.5) is 5.13 Å². The summed E-state index contributed by atoms with van der Waals surface area (Å²) in [6, 6.07) is 0.461. The van der Waals surface area contributed by atoms with Gasteiger partial charge in [0, 0.05) is 25.1 Å². The van der Waals surface area contributed by atoms with Crippen molar-refractivity contribution in [2.75, 3.05) is 25.9 Å². The Morgan fingerprint density at radius 1 is 1.35 bits per heavy atom. The summed E-state index contributed by atoms with van der Waals surface area (Å²) in [6.07, 6.45) is 5.68. The van der Waals surface area contributed by atoms with Crippen LogP contribution in [0.1, 0.15) is 31.5 Å². The highest BCUT2D eigenvalue weighted by Crippen LogP contribution is 2.29. The zero-order chi connectivity index (χ0) is 12.1. The summed E-state index contributed by atoms with van der Waals surface area (Å²) < 4.78 is 9.34. The van der Waals surface area contributed by atoms with Crippen LogP contribution in [0.2, 0.25) is 0 Å². The molecule has 5 nitrogen and oxygen atoms in total. The lowest BCUT2D eigenvalue weighted by Gasteiger charge is -2.24. The fourth-order valence-corrected chi connectivity index (χ4v) is 2.92. The molecule has 0 spiro atoms. The van der Waals surface area contributed by atoms with Gasteiger partial charge in [-0.15, -0.1) is 0 Å². The van der Waals surface area contributed by atoms with E-state index >= 15 is 0 Å². The Labute approximate surface area is 106 Å². The molecule has 0 radical (unpaired) electrons. The average Bonchev–Trinajstić information content (AvgIpc) is 2.99. The first-order valence-electron chi connectivity index (χ1n) is 6.00. The highest BCUT2D eigenvalue weighted by Gasteiger charge is 2.25. The first-order valence-corrected chi connectivity index (χ1v) is 6.77. The van der Waals surface area contributed by atoms with Crippen molar-refractivity contribution in [1.82, 2.24) is 9.36 Å². The minimum absolute atomic E-state index is 0.461. The number of nitrogens with zero attached hydrogens (tertiary/aromatic N) is 3. The van der Waals surface area contributed by atoms with E-state index in [1.54, 1.807) is 14.2 Å². The molecule has 6 heteroatoms. The zero-order valence-corrected chi connectivity index (χ0v) is 11.2. The van der Waals surface area contributed by atoms with E-state index in [-0.39, 0.29) is 0 Å². The standard InChI is InChI=1S/C11H19N3O2S/c1-15-8-7-10-12-11(17-13-10)14(16-2)9-5-3-4-6-9/h9H,3-8H2,1-2H3. The number of hydroxylamine groups is 1. The van der Waals surface area contributed by atoms with Gasteiger partial charge in [0.05, 0.1) is 19.8 Å². The summed E-state index contributed by atoms with van der Waals surface area (Å²) in [5.41, 5.74) is 0. The van der Waals surface area contributed by atoms with E-state index in [0.29, 0.717) is 12.6 Å². The number of anilines is 1. The van der Waals surface area contributed by atoms with Crippen LogP contribution in [0, 0.1) is 0 Å². The van der Waals surface area contributed by atoms with Gasteiger partial charge >= 0.3 is 0 Å². The van der Waals surface area contributed by atoms with Crippen LogP contribution in [-0.2, 0) is 16.0 Å². The number of hydrogen-bond donors (Lipinski definition) is 0. The lowest BCUT2D eigenvalue weighted by Crippen LogP contribution is -2.32. The van der Waals surface area contributed by atoms with Gasteiger partial charge in [0.15, 0.2) is 0 Å². The van der Waals surface area contributed by atoms with Crippen molar-refractivity contribution < 1.29 is 9.57 Å². The molecule has 0 aromatic carbocycles. The lowest BCUT2D eigenvalue weighted by atomic mass is 10.2. The third kappa shape index (κ3) is 3.14. The minimum Gasteiger partial charge on any atom is -0.384 e. The second-order valence-electron chi connectivity index (χ2n) is 4.18. The predicted octanol–water partition coefficient (Wildman–Crippen LogP) is 2.04. The Balaban J connectivity index is 2.00. The van der Waals surface area contributed by atoms with E-state index in [1.807, 2.05) is 5.06 Å². The molecule has 1 saturated carbocycles. The van der Waals surface area contributed by atoms with Gasteiger partial charge in [0.25, 0.3) is 0 Å². The van der Waals surface area contributed by atoms with Gasteiger partial charge < -0.3 is 4.74 Å². The smallest absolute Gasteiger partial charge is 0.229 e. The van der Waals surface area contributed by atoms with Crippen LogP contribution in [0.25, 0.3) is 0 Å². The molecule has 0 saturated heterocycles. The second kappa shape index (κ2) is 6.28. The Morgan fingerprint density at radius 2 is 2.12 bits per heavy atom. The molecule has 1 heterocycles. The molecule has 1 aromatic rings. The fraction of sp³-hybridized carbons (Fsp3) is 0.818. The Hall–Kier alpha value is -0.720. The van der Waals surface area contributed by atoms with Crippen LogP contribution >= 0.6 is 11.5 Å². The number of methoxy groups -OCH3 is 1. The molecule has 0 N–H and O–H groups in total. The van der Waals surface area contributed by atoms with Crippen molar-refractivity contribution in [2.24, 2.45) is 0 Å². The summed E-state index contributed by atoms with van der Waals surface area (Å²) >= 11 is 1.40. The van der Waals surface area contributed by atoms with Gasteiger partial charge in [-0.3, -0.25) is 4.84 Å². The fourth-order valence-electron chi connectivity index (χ4n) is 2.15. The summed E-state index contributed by atoms with van der Waals surface area (Å²) in [5, 5.41) is 2.78. The molecule has 1 aromatic heterocycles. The maximum atomic E-state index is 5.45. The van der Waals surface area contributed by atoms with Crippen LogP contribution in [0.5, 0.6) is 0 Å². The zero-order valence-electron chi connectivity index (χ0n) is 10.4. The highest BCUT2D eigenvalue weighted by molar-refractivity contribution is 7.09.